The average Bonchev–Trinajstić information content (AvgIpc) is 2.38. The first-order valence-electron chi connectivity index (χ1n) is 5.26. The van der Waals surface area contributed by atoms with E-state index in [1.807, 2.05) is 0 Å². The lowest BCUT2D eigenvalue weighted by atomic mass is 10.2. The predicted molar refractivity (Wildman–Crippen MR) is 62.3 cm³/mol. The van der Waals surface area contributed by atoms with Crippen LogP contribution in [0.25, 0.3) is 0 Å². The van der Waals surface area contributed by atoms with E-state index in [-0.39, 0.29) is 18.0 Å². The van der Waals surface area contributed by atoms with E-state index in [4.69, 9.17) is 19.3 Å². The summed E-state index contributed by atoms with van der Waals surface area (Å²) in [5.41, 5.74) is 0.0690. The Morgan fingerprint density at radius 2 is 2.17 bits per heavy atom. The molecule has 0 aliphatic heterocycles. The molecule has 0 aliphatic rings. The van der Waals surface area contributed by atoms with E-state index in [0.717, 1.165) is 0 Å². The van der Waals surface area contributed by atoms with Gasteiger partial charge in [-0.15, -0.1) is 0 Å². The van der Waals surface area contributed by atoms with Gasteiger partial charge in [0.2, 0.25) is 0 Å². The first kappa shape index (κ1) is 14.4. The molecule has 0 heterocycles. The van der Waals surface area contributed by atoms with Crippen molar-refractivity contribution in [2.75, 3.05) is 27.1 Å². The number of nitrogens with zero attached hydrogens (tertiary/aromatic N) is 1. The summed E-state index contributed by atoms with van der Waals surface area (Å²) in [6.07, 6.45) is 0. The highest BCUT2D eigenvalue weighted by atomic mass is 16.7. The van der Waals surface area contributed by atoms with Crippen LogP contribution in [0.4, 0.5) is 5.69 Å². The molecule has 1 aromatic carbocycles. The monoisotopic (exact) mass is 257 g/mol. The third-order valence-electron chi connectivity index (χ3n) is 2.16. The fraction of sp³-hybridized carbons (Fsp3) is 0.455. The number of aliphatic hydroxyl groups excluding tert-OH is 1. The van der Waals surface area contributed by atoms with E-state index in [0.29, 0.717) is 19.0 Å². The average molecular weight is 257 g/mol. The molecule has 0 aromatic heterocycles. The van der Waals surface area contributed by atoms with Gasteiger partial charge in [-0.25, -0.2) is 0 Å². The highest BCUT2D eigenvalue weighted by Gasteiger charge is 2.13. The van der Waals surface area contributed by atoms with E-state index < -0.39 is 11.5 Å². The Morgan fingerprint density at radius 3 is 2.78 bits per heavy atom. The van der Waals surface area contributed by atoms with Crippen LogP contribution < -0.4 is 4.74 Å². The summed E-state index contributed by atoms with van der Waals surface area (Å²) >= 11 is 0. The summed E-state index contributed by atoms with van der Waals surface area (Å²) in [4.78, 5) is 10.1. The molecule has 0 amide bonds. The van der Waals surface area contributed by atoms with Crippen molar-refractivity contribution in [1.29, 1.82) is 0 Å². The van der Waals surface area contributed by atoms with E-state index in [1.54, 1.807) is 7.11 Å². The Balaban J connectivity index is 2.54. The summed E-state index contributed by atoms with van der Waals surface area (Å²) < 4.78 is 15.1. The van der Waals surface area contributed by atoms with Crippen molar-refractivity contribution in [3.05, 3.63) is 33.9 Å². The first-order valence-corrected chi connectivity index (χ1v) is 5.26. The number of methoxy groups -OCH3 is 1. The van der Waals surface area contributed by atoms with E-state index >= 15 is 0 Å². The van der Waals surface area contributed by atoms with Gasteiger partial charge in [-0.1, -0.05) is 0 Å². The topological polar surface area (TPSA) is 91.1 Å². The van der Waals surface area contributed by atoms with E-state index in [1.165, 1.54) is 18.2 Å². The second-order valence-electron chi connectivity index (χ2n) is 3.37. The van der Waals surface area contributed by atoms with Gasteiger partial charge < -0.3 is 19.3 Å². The minimum Gasteiger partial charge on any atom is -0.468 e. The fourth-order valence-electron chi connectivity index (χ4n) is 1.27. The molecular formula is C11H15NO6. The summed E-state index contributed by atoms with van der Waals surface area (Å²) in [5, 5.41) is 19.7. The Morgan fingerprint density at radius 1 is 1.39 bits per heavy atom. The lowest BCUT2D eigenvalue weighted by Crippen LogP contribution is -2.08. The van der Waals surface area contributed by atoms with Crippen LogP contribution in [0.15, 0.2) is 18.2 Å². The lowest BCUT2D eigenvalue weighted by molar-refractivity contribution is -0.385. The van der Waals surface area contributed by atoms with Crippen molar-refractivity contribution in [2.24, 2.45) is 0 Å². The largest absolute Gasteiger partial charge is 0.468 e. The van der Waals surface area contributed by atoms with Crippen LogP contribution in [0.5, 0.6) is 5.75 Å². The number of nitro benzene ring substituents is 1. The van der Waals surface area contributed by atoms with E-state index in [2.05, 4.69) is 0 Å². The molecule has 1 N–H and O–H groups in total. The van der Waals surface area contributed by atoms with Gasteiger partial charge >= 0.3 is 0 Å². The van der Waals surface area contributed by atoms with Gasteiger partial charge in [0.05, 0.1) is 30.3 Å². The molecule has 1 rings (SSSR count). The molecule has 1 aromatic rings. The molecule has 100 valence electrons. The number of aliphatic hydroxyl groups is 1. The molecule has 0 fully saturated rings. The minimum atomic E-state index is -0.551. The van der Waals surface area contributed by atoms with Crippen LogP contribution >= 0.6 is 0 Å². The summed E-state index contributed by atoms with van der Waals surface area (Å²) in [6.45, 7) is 0.464. The zero-order valence-electron chi connectivity index (χ0n) is 10.00. The molecule has 0 unspecified atom stereocenters. The first-order chi connectivity index (χ1) is 8.69. The number of nitro groups is 1. The third-order valence-corrected chi connectivity index (χ3v) is 2.16. The maximum absolute atomic E-state index is 10.6. The third kappa shape index (κ3) is 4.28. The van der Waals surface area contributed by atoms with Crippen molar-refractivity contribution in [2.45, 2.75) is 6.61 Å². The normalized spacial score (nSPS) is 10.3. The van der Waals surface area contributed by atoms with Crippen molar-refractivity contribution in [3.63, 3.8) is 0 Å². The fourth-order valence-corrected chi connectivity index (χ4v) is 1.27. The predicted octanol–water partition coefficient (Wildman–Crippen LogP) is 1.09. The molecular weight excluding hydrogens is 242 g/mol. The van der Waals surface area contributed by atoms with Crippen molar-refractivity contribution in [1.82, 2.24) is 0 Å². The number of hydrogen-bond acceptors (Lipinski definition) is 6. The molecule has 7 heteroatoms. The van der Waals surface area contributed by atoms with Crippen molar-refractivity contribution in [3.8, 4) is 5.75 Å². The van der Waals surface area contributed by atoms with Crippen molar-refractivity contribution >= 4 is 5.69 Å². The second kappa shape index (κ2) is 7.59. The molecule has 0 saturated carbocycles. The van der Waals surface area contributed by atoms with Crippen LogP contribution in [0.1, 0.15) is 5.56 Å². The number of benzene rings is 1. The minimum absolute atomic E-state index is 0.0199. The maximum Gasteiger partial charge on any atom is 0.275 e. The van der Waals surface area contributed by atoms with Gasteiger partial charge in [0, 0.05) is 13.2 Å². The smallest absolute Gasteiger partial charge is 0.275 e. The molecule has 0 bridgehead atoms. The van der Waals surface area contributed by atoms with Gasteiger partial charge in [0.15, 0.2) is 6.79 Å². The van der Waals surface area contributed by atoms with Crippen LogP contribution in [-0.2, 0) is 16.1 Å². The maximum atomic E-state index is 10.6. The quantitative estimate of drug-likeness (QED) is 0.324. The SMILES string of the molecule is COCCOCOc1ccc([N+](=O)[O-])c(CO)c1. The lowest BCUT2D eigenvalue weighted by Gasteiger charge is -2.08. The number of hydrogen-bond donors (Lipinski definition) is 1. The Kier molecular flexibility index (Phi) is 6.06. The summed E-state index contributed by atoms with van der Waals surface area (Å²) in [6, 6.07) is 4.16. The Hall–Kier alpha value is -1.70. The number of rotatable bonds is 8. The Labute approximate surface area is 104 Å². The van der Waals surface area contributed by atoms with Gasteiger partial charge in [0.25, 0.3) is 5.69 Å². The van der Waals surface area contributed by atoms with Gasteiger partial charge in [-0.05, 0) is 12.1 Å². The molecule has 0 radical (unpaired) electrons. The number of ether oxygens (including phenoxy) is 3. The highest BCUT2D eigenvalue weighted by molar-refractivity contribution is 5.44. The molecule has 0 aliphatic carbocycles. The molecule has 0 spiro atoms. The Bertz CT molecular complexity index is 395. The van der Waals surface area contributed by atoms with E-state index in [9.17, 15) is 10.1 Å². The second-order valence-corrected chi connectivity index (χ2v) is 3.37. The molecule has 0 saturated heterocycles. The van der Waals surface area contributed by atoms with Crippen LogP contribution in [0.2, 0.25) is 0 Å². The summed E-state index contributed by atoms with van der Waals surface area (Å²) in [7, 11) is 1.56. The molecule has 7 nitrogen and oxygen atoms in total. The zero-order chi connectivity index (χ0) is 13.4. The van der Waals surface area contributed by atoms with Crippen LogP contribution in [0, 0.1) is 10.1 Å². The van der Waals surface area contributed by atoms with Crippen molar-refractivity contribution < 1.29 is 24.2 Å². The highest BCUT2D eigenvalue weighted by Crippen LogP contribution is 2.23. The standard InChI is InChI=1S/C11H15NO6/c1-16-4-5-17-8-18-10-2-3-11(12(14)15)9(6-10)7-13/h2-3,6,13H,4-5,7-8H2,1H3. The molecule has 0 atom stereocenters. The summed E-state index contributed by atoms with van der Waals surface area (Å²) in [5.74, 6) is 0.405. The van der Waals surface area contributed by atoms with Crippen LogP contribution in [-0.4, -0.2) is 37.1 Å². The van der Waals surface area contributed by atoms with Crippen LogP contribution in [0.3, 0.4) is 0 Å². The zero-order valence-corrected chi connectivity index (χ0v) is 10.00. The molecule has 18 heavy (non-hydrogen) atoms. The van der Waals surface area contributed by atoms with Gasteiger partial charge in [0.1, 0.15) is 5.75 Å². The van der Waals surface area contributed by atoms with Gasteiger partial charge in [-0.3, -0.25) is 10.1 Å². The van der Waals surface area contributed by atoms with Gasteiger partial charge in [-0.2, -0.15) is 0 Å².